The fraction of sp³-hybridized carbons (Fsp3) is 0.143. The summed E-state index contributed by atoms with van der Waals surface area (Å²) in [5.74, 6) is 0.928. The van der Waals surface area contributed by atoms with Gasteiger partial charge in [-0.1, -0.05) is 6.07 Å². The van der Waals surface area contributed by atoms with Gasteiger partial charge in [0.05, 0.1) is 43.4 Å². The number of ether oxygens (including phenoxy) is 2. The predicted octanol–water partition coefficient (Wildman–Crippen LogP) is 2.08. The van der Waals surface area contributed by atoms with Crippen LogP contribution in [-0.4, -0.2) is 42.4 Å². The number of nitrogens with zero attached hydrogens (tertiary/aromatic N) is 4. The van der Waals surface area contributed by atoms with Crippen LogP contribution in [-0.2, 0) is 16.4 Å². The third-order valence-electron chi connectivity index (χ3n) is 4.69. The second-order valence-corrected chi connectivity index (χ2v) is 8.50. The van der Waals surface area contributed by atoms with Gasteiger partial charge in [-0.25, -0.2) is 23.1 Å². The zero-order valence-corrected chi connectivity index (χ0v) is 17.5. The van der Waals surface area contributed by atoms with E-state index in [0.29, 0.717) is 22.4 Å². The van der Waals surface area contributed by atoms with Gasteiger partial charge in [-0.15, -0.1) is 0 Å². The maximum absolute atomic E-state index is 12.9. The van der Waals surface area contributed by atoms with E-state index in [-0.39, 0.29) is 22.0 Å². The Balaban J connectivity index is 1.68. The number of aromatic nitrogens is 4. The molecule has 3 heterocycles. The van der Waals surface area contributed by atoms with Gasteiger partial charge < -0.3 is 9.47 Å². The minimum absolute atomic E-state index is 0.0240. The second kappa shape index (κ2) is 8.15. The van der Waals surface area contributed by atoms with Crippen LogP contribution in [0, 0.1) is 0 Å². The topological polar surface area (TPSA) is 113 Å². The number of rotatable bonds is 6. The highest BCUT2D eigenvalue weighted by molar-refractivity contribution is 7.91. The molecule has 10 heteroatoms. The molecule has 9 nitrogen and oxygen atoms in total. The van der Waals surface area contributed by atoms with Crippen molar-refractivity contribution in [3.63, 3.8) is 0 Å². The van der Waals surface area contributed by atoms with Gasteiger partial charge in [-0.05, 0) is 35.9 Å². The molecular weight excluding hydrogens is 420 g/mol. The van der Waals surface area contributed by atoms with Crippen molar-refractivity contribution in [2.24, 2.45) is 0 Å². The van der Waals surface area contributed by atoms with E-state index in [1.54, 1.807) is 18.3 Å². The second-order valence-electron chi connectivity index (χ2n) is 6.60. The SMILES string of the molecule is COc1ccc(S(=O)(=O)c2ccc3c(=O)n(Cc4ccc(OC)nc4)ncc3c2)nc1. The Labute approximate surface area is 177 Å². The Morgan fingerprint density at radius 3 is 2.42 bits per heavy atom. The van der Waals surface area contributed by atoms with Gasteiger partial charge in [0.2, 0.25) is 15.7 Å². The fourth-order valence-electron chi connectivity index (χ4n) is 3.01. The number of hydrogen-bond acceptors (Lipinski definition) is 8. The molecule has 31 heavy (non-hydrogen) atoms. The molecule has 0 saturated heterocycles. The van der Waals surface area contributed by atoms with Crippen LogP contribution in [0.5, 0.6) is 11.6 Å². The highest BCUT2D eigenvalue weighted by Crippen LogP contribution is 2.23. The molecule has 0 spiro atoms. The molecule has 0 saturated carbocycles. The summed E-state index contributed by atoms with van der Waals surface area (Å²) >= 11 is 0. The third kappa shape index (κ3) is 3.97. The quantitative estimate of drug-likeness (QED) is 0.450. The van der Waals surface area contributed by atoms with Crippen molar-refractivity contribution in [1.82, 2.24) is 19.7 Å². The smallest absolute Gasteiger partial charge is 0.274 e. The number of hydrogen-bond donors (Lipinski definition) is 0. The number of sulfone groups is 1. The first-order valence-corrected chi connectivity index (χ1v) is 10.6. The van der Waals surface area contributed by atoms with Gasteiger partial charge in [0.15, 0.2) is 5.03 Å². The van der Waals surface area contributed by atoms with Gasteiger partial charge in [-0.3, -0.25) is 4.79 Å². The average Bonchev–Trinajstić information content (AvgIpc) is 2.81. The monoisotopic (exact) mass is 438 g/mol. The van der Waals surface area contributed by atoms with E-state index in [1.165, 1.54) is 61.6 Å². The van der Waals surface area contributed by atoms with Crippen LogP contribution in [0.15, 0.2) is 75.8 Å². The van der Waals surface area contributed by atoms with Gasteiger partial charge in [0, 0.05) is 17.6 Å². The van der Waals surface area contributed by atoms with Gasteiger partial charge >= 0.3 is 0 Å². The number of pyridine rings is 2. The fourth-order valence-corrected chi connectivity index (χ4v) is 4.22. The largest absolute Gasteiger partial charge is 0.495 e. The minimum atomic E-state index is -3.86. The van der Waals surface area contributed by atoms with E-state index in [1.807, 2.05) is 0 Å². The summed E-state index contributed by atoms with van der Waals surface area (Å²) < 4.78 is 37.1. The molecule has 0 N–H and O–H groups in total. The van der Waals surface area contributed by atoms with E-state index >= 15 is 0 Å². The number of methoxy groups -OCH3 is 2. The Bertz CT molecular complexity index is 1400. The minimum Gasteiger partial charge on any atom is -0.495 e. The van der Waals surface area contributed by atoms with E-state index in [9.17, 15) is 13.2 Å². The summed E-state index contributed by atoms with van der Waals surface area (Å²) in [7, 11) is -0.861. The molecule has 0 unspecified atom stereocenters. The Morgan fingerprint density at radius 1 is 0.935 bits per heavy atom. The van der Waals surface area contributed by atoms with E-state index in [2.05, 4.69) is 15.1 Å². The Morgan fingerprint density at radius 2 is 1.77 bits per heavy atom. The highest BCUT2D eigenvalue weighted by atomic mass is 32.2. The molecule has 0 aliphatic heterocycles. The molecule has 4 rings (SSSR count). The van der Waals surface area contributed by atoms with Crippen molar-refractivity contribution < 1.29 is 17.9 Å². The standard InChI is InChI=1S/C21H18N4O5S/c1-29-16-4-8-20(23-12-16)31(27,28)17-5-6-18-15(9-17)11-24-25(21(18)26)13-14-3-7-19(30-2)22-10-14/h3-12H,13H2,1-2H3. The average molecular weight is 438 g/mol. The first kappa shape index (κ1) is 20.5. The van der Waals surface area contributed by atoms with Gasteiger partial charge in [0.1, 0.15) is 5.75 Å². The molecule has 158 valence electrons. The van der Waals surface area contributed by atoms with E-state index in [4.69, 9.17) is 9.47 Å². The lowest BCUT2D eigenvalue weighted by Crippen LogP contribution is -2.23. The lowest BCUT2D eigenvalue weighted by atomic mass is 10.2. The zero-order valence-electron chi connectivity index (χ0n) is 16.7. The van der Waals surface area contributed by atoms with Crippen LogP contribution in [0.1, 0.15) is 5.56 Å². The van der Waals surface area contributed by atoms with Crippen LogP contribution in [0.2, 0.25) is 0 Å². The number of fused-ring (bicyclic) bond motifs is 1. The molecule has 1 aromatic carbocycles. The molecule has 0 aliphatic carbocycles. The summed E-state index contributed by atoms with van der Waals surface area (Å²) in [4.78, 5) is 20.9. The normalized spacial score (nSPS) is 11.4. The lowest BCUT2D eigenvalue weighted by Gasteiger charge is -2.09. The molecule has 0 amide bonds. The molecule has 0 bridgehead atoms. The van der Waals surface area contributed by atoms with E-state index < -0.39 is 9.84 Å². The van der Waals surface area contributed by atoms with Crippen LogP contribution in [0.25, 0.3) is 10.8 Å². The molecule has 0 atom stereocenters. The van der Waals surface area contributed by atoms with Gasteiger partial charge in [-0.2, -0.15) is 5.10 Å². The third-order valence-corrected chi connectivity index (χ3v) is 6.36. The van der Waals surface area contributed by atoms with Crippen molar-refractivity contribution in [3.8, 4) is 11.6 Å². The van der Waals surface area contributed by atoms with E-state index in [0.717, 1.165) is 5.56 Å². The maximum atomic E-state index is 12.9. The first-order chi connectivity index (χ1) is 14.9. The summed E-state index contributed by atoms with van der Waals surface area (Å²) in [6, 6.07) is 10.7. The molecule has 3 aromatic heterocycles. The predicted molar refractivity (Wildman–Crippen MR) is 112 cm³/mol. The summed E-state index contributed by atoms with van der Waals surface area (Å²) in [5.41, 5.74) is 0.444. The van der Waals surface area contributed by atoms with Crippen LogP contribution >= 0.6 is 0 Å². The van der Waals surface area contributed by atoms with Crippen LogP contribution < -0.4 is 15.0 Å². The van der Waals surface area contributed by atoms with Gasteiger partial charge in [0.25, 0.3) is 5.56 Å². The van der Waals surface area contributed by atoms with Crippen molar-refractivity contribution >= 4 is 20.6 Å². The number of benzene rings is 1. The maximum Gasteiger partial charge on any atom is 0.274 e. The van der Waals surface area contributed by atoms with Crippen LogP contribution in [0.3, 0.4) is 0 Å². The van der Waals surface area contributed by atoms with Crippen molar-refractivity contribution in [2.75, 3.05) is 14.2 Å². The molecular formula is C21H18N4O5S. The Hall–Kier alpha value is -3.79. The zero-order chi connectivity index (χ0) is 22.0. The van der Waals surface area contributed by atoms with Crippen molar-refractivity contribution in [2.45, 2.75) is 16.5 Å². The molecule has 0 fully saturated rings. The van der Waals surface area contributed by atoms with Crippen LogP contribution in [0.4, 0.5) is 0 Å². The lowest BCUT2D eigenvalue weighted by molar-refractivity contribution is 0.397. The Kier molecular flexibility index (Phi) is 5.38. The van der Waals surface area contributed by atoms with Crippen molar-refractivity contribution in [1.29, 1.82) is 0 Å². The summed E-state index contributed by atoms with van der Waals surface area (Å²) in [6.45, 7) is 0.224. The van der Waals surface area contributed by atoms with Crippen molar-refractivity contribution in [3.05, 3.63) is 77.0 Å². The molecule has 0 radical (unpaired) electrons. The highest BCUT2D eigenvalue weighted by Gasteiger charge is 2.20. The first-order valence-electron chi connectivity index (χ1n) is 9.16. The summed E-state index contributed by atoms with van der Waals surface area (Å²) in [5, 5.41) is 4.85. The molecule has 0 aliphatic rings. The summed E-state index contributed by atoms with van der Waals surface area (Å²) in [6.07, 6.45) is 4.41. The molecule has 4 aromatic rings.